The third kappa shape index (κ3) is 5.69. The fraction of sp³-hybridized carbons (Fsp3) is 0.762. The van der Waals surface area contributed by atoms with E-state index in [0.29, 0.717) is 0 Å². The maximum absolute atomic E-state index is 13.1. The van der Waals surface area contributed by atoms with Crippen molar-refractivity contribution in [1.82, 2.24) is 10.3 Å². The molecule has 0 radical (unpaired) electrons. The molecule has 1 aromatic rings. The molecule has 30 heavy (non-hydrogen) atoms. The van der Waals surface area contributed by atoms with Crippen LogP contribution in [0.4, 0.5) is 0 Å². The van der Waals surface area contributed by atoms with E-state index < -0.39 is 37.8 Å². The Labute approximate surface area is 185 Å². The highest BCUT2D eigenvalue weighted by Gasteiger charge is 2.53. The van der Waals surface area contributed by atoms with Crippen molar-refractivity contribution in [3.05, 3.63) is 16.6 Å². The molecule has 2 rings (SSSR count). The van der Waals surface area contributed by atoms with Gasteiger partial charge in [0.15, 0.2) is 8.32 Å². The van der Waals surface area contributed by atoms with Crippen molar-refractivity contribution in [3.8, 4) is 0 Å². The zero-order chi connectivity index (χ0) is 22.9. The number of carbonyl (C=O) groups excluding carboxylic acids is 2. The second kappa shape index (κ2) is 9.06. The molecule has 0 saturated carbocycles. The summed E-state index contributed by atoms with van der Waals surface area (Å²) in [6.45, 7) is 16.6. The zero-order valence-electron chi connectivity index (χ0n) is 19.6. The Morgan fingerprint density at radius 1 is 1.17 bits per heavy atom. The van der Waals surface area contributed by atoms with Gasteiger partial charge in [0, 0.05) is 24.1 Å². The number of hydrogen-bond donors (Lipinski definition) is 1. The molecule has 4 atom stereocenters. The van der Waals surface area contributed by atoms with Gasteiger partial charge in [-0.05, 0) is 38.9 Å². The molecule has 0 amide bonds. The van der Waals surface area contributed by atoms with Crippen LogP contribution in [0.2, 0.25) is 18.1 Å². The van der Waals surface area contributed by atoms with Crippen molar-refractivity contribution in [2.45, 2.75) is 77.4 Å². The van der Waals surface area contributed by atoms with E-state index in [1.165, 1.54) is 18.4 Å². The molecule has 1 aliphatic heterocycles. The molecule has 1 fully saturated rings. The van der Waals surface area contributed by atoms with Crippen LogP contribution in [0.3, 0.4) is 0 Å². The van der Waals surface area contributed by atoms with Crippen molar-refractivity contribution in [3.63, 3.8) is 0 Å². The third-order valence-corrected chi connectivity index (χ3v) is 11.3. The van der Waals surface area contributed by atoms with Crippen molar-refractivity contribution in [2.24, 2.45) is 11.8 Å². The van der Waals surface area contributed by atoms with Crippen molar-refractivity contribution in [2.75, 3.05) is 13.7 Å². The molecule has 0 bridgehead atoms. The van der Waals surface area contributed by atoms with Gasteiger partial charge in [-0.25, -0.2) is 4.98 Å². The molecule has 0 aliphatic carbocycles. The van der Waals surface area contributed by atoms with E-state index in [4.69, 9.17) is 13.9 Å². The smallest absolute Gasteiger partial charge is 0.324 e. The predicted molar refractivity (Wildman–Crippen MR) is 120 cm³/mol. The van der Waals surface area contributed by atoms with E-state index in [1.54, 1.807) is 6.20 Å². The quantitative estimate of drug-likeness (QED) is 0.513. The largest absolute Gasteiger partial charge is 0.469 e. The highest BCUT2D eigenvalue weighted by atomic mass is 32.1. The lowest BCUT2D eigenvalue weighted by Crippen LogP contribution is -2.47. The van der Waals surface area contributed by atoms with Crippen LogP contribution in [-0.2, 0) is 23.5 Å². The number of nitrogens with one attached hydrogen (secondary N) is 1. The Morgan fingerprint density at radius 2 is 1.80 bits per heavy atom. The summed E-state index contributed by atoms with van der Waals surface area (Å²) >= 11 is 1.44. The van der Waals surface area contributed by atoms with Crippen molar-refractivity contribution in [1.29, 1.82) is 0 Å². The van der Waals surface area contributed by atoms with E-state index in [2.05, 4.69) is 44.2 Å². The van der Waals surface area contributed by atoms with Crippen LogP contribution in [0.15, 0.2) is 11.6 Å². The van der Waals surface area contributed by atoms with Gasteiger partial charge in [-0.1, -0.05) is 20.8 Å². The number of rotatable bonds is 6. The van der Waals surface area contributed by atoms with Gasteiger partial charge in [0.2, 0.25) is 0 Å². The molecule has 170 valence electrons. The maximum atomic E-state index is 13.1. The molecule has 2 heterocycles. The minimum atomic E-state index is -2.09. The number of carbonyl (C=O) groups is 2. The fourth-order valence-corrected chi connectivity index (χ4v) is 5.05. The summed E-state index contributed by atoms with van der Waals surface area (Å²) in [5.74, 6) is -1.78. The molecule has 0 spiro atoms. The first-order valence-corrected chi connectivity index (χ1v) is 14.1. The average Bonchev–Trinajstić information content (AvgIpc) is 3.24. The van der Waals surface area contributed by atoms with Crippen LogP contribution in [-0.4, -0.2) is 50.6 Å². The number of aromatic nitrogens is 1. The molecule has 7 nitrogen and oxygen atoms in total. The van der Waals surface area contributed by atoms with Crippen LogP contribution in [0.1, 0.15) is 52.6 Å². The first-order valence-electron chi connectivity index (χ1n) is 10.3. The summed E-state index contributed by atoms with van der Waals surface area (Å²) in [5.41, 5.74) is -0.635. The number of methoxy groups -OCH3 is 1. The Morgan fingerprint density at radius 3 is 2.27 bits per heavy atom. The van der Waals surface area contributed by atoms with Crippen LogP contribution in [0.25, 0.3) is 0 Å². The van der Waals surface area contributed by atoms with Gasteiger partial charge < -0.3 is 13.9 Å². The molecular weight excluding hydrogens is 420 g/mol. The SMILES string of the molecule is COC(=O)[C@H]1[C@H](CO[Si](C)(C)C(C)(C)C)[C@@H](C(=O)OC(C)(C)C)N[C@H]1c1nccs1. The standard InChI is InChI=1S/C21H36N2O5SSi/c1-20(2,3)28-19(25)15-13(12-27-30(8,9)21(4,5)6)14(18(24)26-7)16(23-15)17-22-10-11-29-17/h10-11,13-16,23H,12H2,1-9H3/t13-,14-,15-,16+/m0/s1. The van der Waals surface area contributed by atoms with Crippen molar-refractivity contribution < 1.29 is 23.5 Å². The first-order chi connectivity index (χ1) is 13.7. The highest BCUT2D eigenvalue weighted by molar-refractivity contribution is 7.09. The number of hydrogen-bond acceptors (Lipinski definition) is 8. The van der Waals surface area contributed by atoms with Gasteiger partial charge >= 0.3 is 11.9 Å². The summed E-state index contributed by atoms with van der Waals surface area (Å²) < 4.78 is 17.2. The predicted octanol–water partition coefficient (Wildman–Crippen LogP) is 3.92. The lowest BCUT2D eigenvalue weighted by molar-refractivity contribution is -0.159. The molecular formula is C21H36N2O5SSi. The number of ether oxygens (including phenoxy) is 2. The molecule has 0 unspecified atom stereocenters. The van der Waals surface area contributed by atoms with Gasteiger partial charge in [-0.15, -0.1) is 11.3 Å². The summed E-state index contributed by atoms with van der Waals surface area (Å²) in [6.07, 6.45) is 1.69. The van der Waals surface area contributed by atoms with E-state index in [1.807, 2.05) is 26.2 Å². The highest BCUT2D eigenvalue weighted by Crippen LogP contribution is 2.42. The lowest BCUT2D eigenvalue weighted by atomic mass is 9.87. The maximum Gasteiger partial charge on any atom is 0.324 e. The Kier molecular flexibility index (Phi) is 7.54. The second-order valence-corrected chi connectivity index (χ2v) is 16.0. The van der Waals surface area contributed by atoms with Gasteiger partial charge in [0.1, 0.15) is 16.7 Å². The van der Waals surface area contributed by atoms with Gasteiger partial charge in [0.25, 0.3) is 0 Å². The third-order valence-electron chi connectivity index (χ3n) is 5.90. The second-order valence-electron chi connectivity index (χ2n) is 10.3. The number of thiazole rings is 1. The minimum absolute atomic E-state index is 0.00984. The van der Waals surface area contributed by atoms with Gasteiger partial charge in [-0.2, -0.15) is 0 Å². The first kappa shape index (κ1) is 25.0. The summed E-state index contributed by atoms with van der Waals surface area (Å²) in [4.78, 5) is 30.3. The number of nitrogens with zero attached hydrogens (tertiary/aromatic N) is 1. The number of esters is 2. The van der Waals surface area contributed by atoms with Crippen molar-refractivity contribution >= 4 is 31.6 Å². The van der Waals surface area contributed by atoms with E-state index in [0.717, 1.165) is 5.01 Å². The normalized spacial score (nSPS) is 25.2. The van der Waals surface area contributed by atoms with E-state index >= 15 is 0 Å². The minimum Gasteiger partial charge on any atom is -0.469 e. The monoisotopic (exact) mass is 456 g/mol. The molecule has 1 N–H and O–H groups in total. The summed E-state index contributed by atoms with van der Waals surface area (Å²) in [5, 5.41) is 5.92. The summed E-state index contributed by atoms with van der Waals surface area (Å²) in [6, 6.07) is -1.12. The lowest BCUT2D eigenvalue weighted by Gasteiger charge is -2.38. The summed E-state index contributed by atoms with van der Waals surface area (Å²) in [7, 11) is -0.723. The Hall–Kier alpha value is -1.29. The average molecular weight is 457 g/mol. The van der Waals surface area contributed by atoms with Gasteiger partial charge in [-0.3, -0.25) is 14.9 Å². The van der Waals surface area contributed by atoms with Crippen LogP contribution in [0.5, 0.6) is 0 Å². The topological polar surface area (TPSA) is 86.8 Å². The fourth-order valence-electron chi connectivity index (χ4n) is 3.26. The zero-order valence-corrected chi connectivity index (χ0v) is 21.4. The molecule has 1 aromatic heterocycles. The molecule has 0 aromatic carbocycles. The Bertz CT molecular complexity index is 740. The van der Waals surface area contributed by atoms with E-state index in [9.17, 15) is 9.59 Å². The van der Waals surface area contributed by atoms with Crippen LogP contribution in [0, 0.1) is 11.8 Å². The van der Waals surface area contributed by atoms with E-state index in [-0.39, 0.29) is 23.6 Å². The van der Waals surface area contributed by atoms with Crippen LogP contribution < -0.4 is 5.32 Å². The molecule has 1 aliphatic rings. The molecule has 1 saturated heterocycles. The Balaban J connectivity index is 2.39. The van der Waals surface area contributed by atoms with Gasteiger partial charge in [0.05, 0.1) is 19.1 Å². The molecule has 9 heteroatoms. The van der Waals surface area contributed by atoms with Crippen LogP contribution >= 0.6 is 11.3 Å².